The number of benzene rings is 2. The van der Waals surface area contributed by atoms with Gasteiger partial charge in [-0.2, -0.15) is 10.2 Å². The maximum Gasteiger partial charge on any atom is 0.307 e. The van der Waals surface area contributed by atoms with Crippen molar-refractivity contribution >= 4 is 17.2 Å². The van der Waals surface area contributed by atoms with Gasteiger partial charge in [0.1, 0.15) is 42.1 Å². The van der Waals surface area contributed by atoms with Gasteiger partial charge in [-0.25, -0.2) is 0 Å². The molecule has 228 valence electrons. The molecule has 2 fully saturated rings. The second-order valence-corrected chi connectivity index (χ2v) is 11.1. The molecule has 1 N–H and O–H groups in total. The fraction of sp³-hybridized carbons (Fsp3) is 0.367. The molecule has 0 radical (unpaired) electrons. The number of fused-ring (bicyclic) bond motifs is 2. The number of carbonyl (C=O) groups is 1. The van der Waals surface area contributed by atoms with Gasteiger partial charge < -0.3 is 14.8 Å². The lowest BCUT2D eigenvalue weighted by Crippen LogP contribution is -2.50. The Kier molecular flexibility index (Phi) is 7.82. The maximum atomic E-state index is 13.9. The molecule has 44 heavy (non-hydrogen) atoms. The molecule has 0 unspecified atom stereocenters. The van der Waals surface area contributed by atoms with Gasteiger partial charge in [0.2, 0.25) is 0 Å². The van der Waals surface area contributed by atoms with Crippen LogP contribution in [0.25, 0.3) is 0 Å². The molecule has 14 heteroatoms. The van der Waals surface area contributed by atoms with Crippen molar-refractivity contribution in [1.82, 2.24) is 24.9 Å². The molecule has 1 saturated heterocycles. The number of nitro groups is 2. The minimum Gasteiger partial charge on any atom is -0.496 e. The first-order valence-electron chi connectivity index (χ1n) is 14.2. The van der Waals surface area contributed by atoms with Crippen molar-refractivity contribution in [2.45, 2.75) is 44.4 Å². The van der Waals surface area contributed by atoms with E-state index in [2.05, 4.69) is 15.5 Å². The number of ether oxygens (including phenoxy) is 2. The number of Topliss-reactive ketones (excluding diaryl/α,β-unsaturated/α-hetero) is 1. The Balaban J connectivity index is 1.32. The fourth-order valence-electron chi connectivity index (χ4n) is 6.51. The first kappa shape index (κ1) is 29.0. The molecule has 4 atom stereocenters. The summed E-state index contributed by atoms with van der Waals surface area (Å²) in [5.41, 5.74) is 3.21. The van der Waals surface area contributed by atoms with Crippen LogP contribution in [0.5, 0.6) is 11.5 Å². The lowest BCUT2D eigenvalue weighted by atomic mass is 9.67. The average molecular weight is 602 g/mol. The van der Waals surface area contributed by atoms with Crippen LogP contribution in [-0.2, 0) is 17.9 Å². The van der Waals surface area contributed by atoms with Crippen LogP contribution in [-0.4, -0.2) is 49.4 Å². The molecule has 2 aromatic heterocycles. The monoisotopic (exact) mass is 601 g/mol. The first-order chi connectivity index (χ1) is 21.2. The number of hydrogen-bond donors (Lipinski definition) is 1. The standard InChI is InChI=1S/C30H31N7O7/c1-43-26-8-6-18(10-20(26)14-34-16-22(12-31-34)36(39)40)28-24-4-3-5-25(30(24)38)29(33-28)19-7-9-27(44-2)21(11-19)15-35-17-23(13-32-35)37(41)42/h6-13,16-17,24-25,28-29,33H,3-5,14-15H2,1-2H3/t24-,25-,28+,29+/m1/s1. The van der Waals surface area contributed by atoms with E-state index in [0.717, 1.165) is 41.5 Å². The minimum absolute atomic E-state index is 0.0969. The molecular formula is C30H31N7O7. The van der Waals surface area contributed by atoms with E-state index in [0.29, 0.717) is 11.5 Å². The predicted octanol–water partition coefficient (Wildman–Crippen LogP) is 4.38. The zero-order valence-corrected chi connectivity index (χ0v) is 24.2. The third-order valence-electron chi connectivity index (χ3n) is 8.58. The highest BCUT2D eigenvalue weighted by molar-refractivity contribution is 5.87. The van der Waals surface area contributed by atoms with Crippen molar-refractivity contribution in [3.05, 3.63) is 104 Å². The van der Waals surface area contributed by atoms with E-state index in [4.69, 9.17) is 9.47 Å². The smallest absolute Gasteiger partial charge is 0.307 e. The van der Waals surface area contributed by atoms with Crippen molar-refractivity contribution in [3.8, 4) is 11.5 Å². The van der Waals surface area contributed by atoms with Gasteiger partial charge in [0.05, 0.1) is 37.2 Å². The second kappa shape index (κ2) is 11.9. The Bertz CT molecular complexity index is 1610. The Morgan fingerprint density at radius 1 is 0.818 bits per heavy atom. The Hall–Kier alpha value is -5.11. The number of aromatic nitrogens is 4. The molecule has 14 nitrogen and oxygen atoms in total. The SMILES string of the molecule is COc1ccc([C@@H]2N[C@@H](c3ccc(OC)c(Cn4cc([N+](=O)[O-])cn4)c3)[C@H]3CCC[C@H]2C3=O)cc1Cn1cc([N+](=O)[O-])cn1. The molecule has 1 saturated carbocycles. The molecule has 1 aliphatic carbocycles. The van der Waals surface area contributed by atoms with Gasteiger partial charge in [-0.15, -0.1) is 0 Å². The zero-order valence-electron chi connectivity index (χ0n) is 24.2. The summed E-state index contributed by atoms with van der Waals surface area (Å²) in [7, 11) is 3.13. The molecule has 2 aromatic carbocycles. The molecule has 0 amide bonds. The zero-order chi connectivity index (χ0) is 31.0. The molecular weight excluding hydrogens is 570 g/mol. The van der Waals surface area contributed by atoms with Crippen molar-refractivity contribution in [2.24, 2.45) is 11.8 Å². The van der Waals surface area contributed by atoms with Crippen LogP contribution in [0, 0.1) is 32.1 Å². The molecule has 2 aliphatic rings. The van der Waals surface area contributed by atoms with Crippen molar-refractivity contribution in [2.75, 3.05) is 14.2 Å². The van der Waals surface area contributed by atoms with E-state index in [-0.39, 0.29) is 54.2 Å². The number of nitrogens with zero attached hydrogens (tertiary/aromatic N) is 6. The molecule has 0 spiro atoms. The van der Waals surface area contributed by atoms with Gasteiger partial charge in [-0.3, -0.25) is 34.4 Å². The van der Waals surface area contributed by atoms with Crippen molar-refractivity contribution < 1.29 is 24.1 Å². The van der Waals surface area contributed by atoms with Gasteiger partial charge in [0, 0.05) is 35.0 Å². The van der Waals surface area contributed by atoms with E-state index >= 15 is 0 Å². The lowest BCUT2D eigenvalue weighted by molar-refractivity contribution is -0.385. The Morgan fingerprint density at radius 3 is 1.66 bits per heavy atom. The lowest BCUT2D eigenvalue weighted by Gasteiger charge is -2.45. The summed E-state index contributed by atoms with van der Waals surface area (Å²) < 4.78 is 14.2. The van der Waals surface area contributed by atoms with Gasteiger partial charge >= 0.3 is 11.4 Å². The Morgan fingerprint density at radius 2 is 1.27 bits per heavy atom. The van der Waals surface area contributed by atoms with E-state index < -0.39 is 9.85 Å². The largest absolute Gasteiger partial charge is 0.496 e. The van der Waals surface area contributed by atoms with Crippen molar-refractivity contribution in [1.29, 1.82) is 0 Å². The average Bonchev–Trinajstić information content (AvgIpc) is 3.68. The maximum absolute atomic E-state index is 13.9. The topological polar surface area (TPSA) is 169 Å². The van der Waals surface area contributed by atoms with E-state index in [1.54, 1.807) is 14.2 Å². The number of nitrogens with one attached hydrogen (secondary N) is 1. The van der Waals surface area contributed by atoms with E-state index in [9.17, 15) is 25.0 Å². The summed E-state index contributed by atoms with van der Waals surface area (Å²) in [5.74, 6) is 1.07. The third-order valence-corrected chi connectivity index (χ3v) is 8.58. The summed E-state index contributed by atoms with van der Waals surface area (Å²) >= 11 is 0. The number of rotatable bonds is 10. The van der Waals surface area contributed by atoms with E-state index in [1.165, 1.54) is 34.2 Å². The molecule has 6 rings (SSSR count). The number of methoxy groups -OCH3 is 2. The highest BCUT2D eigenvalue weighted by Crippen LogP contribution is 2.46. The van der Waals surface area contributed by atoms with Crippen LogP contribution < -0.4 is 14.8 Å². The summed E-state index contributed by atoms with van der Waals surface area (Å²) in [4.78, 5) is 35.2. The van der Waals surface area contributed by atoms with Crippen LogP contribution in [0.4, 0.5) is 11.4 Å². The molecule has 3 heterocycles. The van der Waals surface area contributed by atoms with Gasteiger partial charge in [0.15, 0.2) is 0 Å². The number of piperidine rings is 1. The first-order valence-corrected chi connectivity index (χ1v) is 14.2. The molecule has 2 bridgehead atoms. The summed E-state index contributed by atoms with van der Waals surface area (Å²) in [6.07, 6.45) is 7.65. The van der Waals surface area contributed by atoms with E-state index in [1.807, 2.05) is 36.4 Å². The van der Waals surface area contributed by atoms with Crippen LogP contribution in [0.15, 0.2) is 61.2 Å². The van der Waals surface area contributed by atoms with Crippen molar-refractivity contribution in [3.63, 3.8) is 0 Å². The Labute approximate surface area is 251 Å². The molecule has 1 aliphatic heterocycles. The predicted molar refractivity (Wildman–Crippen MR) is 156 cm³/mol. The van der Waals surface area contributed by atoms with Crippen LogP contribution in [0.3, 0.4) is 0 Å². The van der Waals surface area contributed by atoms with Crippen LogP contribution in [0.2, 0.25) is 0 Å². The summed E-state index contributed by atoms with van der Waals surface area (Å²) in [6.45, 7) is 0.519. The quantitative estimate of drug-likeness (QED) is 0.203. The van der Waals surface area contributed by atoms with Crippen LogP contribution >= 0.6 is 0 Å². The normalized spacial score (nSPS) is 21.2. The highest BCUT2D eigenvalue weighted by atomic mass is 16.6. The number of hydrogen-bond acceptors (Lipinski definition) is 10. The van der Waals surface area contributed by atoms with Gasteiger partial charge in [-0.1, -0.05) is 18.6 Å². The second-order valence-electron chi connectivity index (χ2n) is 11.1. The summed E-state index contributed by atoms with van der Waals surface area (Å²) in [6, 6.07) is 11.0. The van der Waals surface area contributed by atoms with Gasteiger partial charge in [-0.05, 0) is 48.2 Å². The summed E-state index contributed by atoms with van der Waals surface area (Å²) in [5, 5.41) is 34.4. The fourth-order valence-corrected chi connectivity index (χ4v) is 6.51. The van der Waals surface area contributed by atoms with Crippen LogP contribution in [0.1, 0.15) is 53.6 Å². The number of carbonyl (C=O) groups excluding carboxylic acids is 1. The highest BCUT2D eigenvalue weighted by Gasteiger charge is 2.46. The minimum atomic E-state index is -0.488. The third kappa shape index (κ3) is 5.51. The molecule has 4 aromatic rings. The number of ketones is 1. The van der Waals surface area contributed by atoms with Gasteiger partial charge in [0.25, 0.3) is 0 Å².